The average molecular weight is 738 g/mol. The third-order valence-corrected chi connectivity index (χ3v) is 9.57. The molecule has 1 saturated heterocycles. The number of methoxy groups -OCH3 is 1. The van der Waals surface area contributed by atoms with Crippen molar-refractivity contribution in [1.82, 2.24) is 25.2 Å². The van der Waals surface area contributed by atoms with Gasteiger partial charge in [0.25, 0.3) is 0 Å². The molecule has 5 rings (SSSR count). The first-order valence-corrected chi connectivity index (χ1v) is 17.2. The van der Waals surface area contributed by atoms with Crippen LogP contribution in [0.15, 0.2) is 61.1 Å². The zero-order chi connectivity index (χ0) is 36.0. The van der Waals surface area contributed by atoms with E-state index in [2.05, 4.69) is 25.6 Å². The van der Waals surface area contributed by atoms with Crippen LogP contribution >= 0.6 is 24.0 Å². The number of pyridine rings is 1. The lowest BCUT2D eigenvalue weighted by Gasteiger charge is -2.35. The Kier molecular flexibility index (Phi) is 13.4. The van der Waals surface area contributed by atoms with E-state index in [4.69, 9.17) is 21.1 Å². The Hall–Kier alpha value is -4.32. The van der Waals surface area contributed by atoms with Crippen molar-refractivity contribution in [2.45, 2.75) is 72.1 Å². The minimum absolute atomic E-state index is 0. The Bertz CT molecular complexity index is 1850. The van der Waals surface area contributed by atoms with Gasteiger partial charge in [-0.15, -0.1) is 12.4 Å². The highest BCUT2D eigenvalue weighted by Gasteiger charge is 2.42. The monoisotopic (exact) mass is 736 g/mol. The predicted molar refractivity (Wildman–Crippen MR) is 201 cm³/mol. The van der Waals surface area contributed by atoms with Crippen LogP contribution in [0.1, 0.15) is 58.2 Å². The number of hydrogen-bond donors (Lipinski definition) is 2. The molecule has 2 aromatic carbocycles. The molecule has 0 bridgehead atoms. The smallest absolute Gasteiger partial charge is 0.227 e. The van der Waals surface area contributed by atoms with Crippen LogP contribution in [0.4, 0.5) is 11.5 Å². The summed E-state index contributed by atoms with van der Waals surface area (Å²) in [6, 6.07) is 13.7. The molecule has 1 aliphatic heterocycles. The molecule has 51 heavy (non-hydrogen) atoms. The number of fused-ring (bicyclic) bond motifs is 1. The number of nitrogens with one attached hydrogen (secondary N) is 2. The SMILES string of the molecule is CN[C@@H](C)C(=O)C[C@H](C(=O)N1CCC[C@H]1C(=O)Cc1cc2c(Nc3ccc(OCc4ccccn4)c(Cl)c3)ncnc2cc1OC)C(C)(C)C.Cl. The van der Waals surface area contributed by atoms with E-state index in [1.807, 2.05) is 51.1 Å². The number of aromatic nitrogens is 3. The summed E-state index contributed by atoms with van der Waals surface area (Å²) < 4.78 is 11.6. The summed E-state index contributed by atoms with van der Waals surface area (Å²) >= 11 is 6.57. The molecule has 0 radical (unpaired) electrons. The molecule has 2 N–H and O–H groups in total. The molecule has 1 aliphatic rings. The summed E-state index contributed by atoms with van der Waals surface area (Å²) in [5.74, 6) is 0.752. The second kappa shape index (κ2) is 17.3. The maximum atomic E-state index is 14.0. The molecular weight excluding hydrogens is 691 g/mol. The fourth-order valence-corrected chi connectivity index (χ4v) is 6.43. The van der Waals surface area contributed by atoms with Crippen molar-refractivity contribution in [3.8, 4) is 11.5 Å². The van der Waals surface area contributed by atoms with Gasteiger partial charge in [-0.25, -0.2) is 9.97 Å². The Labute approximate surface area is 310 Å². The molecular formula is C38H46Cl2N6O5. The average Bonchev–Trinajstić information content (AvgIpc) is 3.60. The Morgan fingerprint density at radius 1 is 1.06 bits per heavy atom. The van der Waals surface area contributed by atoms with E-state index in [1.165, 1.54) is 6.33 Å². The highest BCUT2D eigenvalue weighted by Crippen LogP contribution is 2.36. The van der Waals surface area contributed by atoms with Gasteiger partial charge < -0.3 is 25.0 Å². The zero-order valence-electron chi connectivity index (χ0n) is 29.9. The van der Waals surface area contributed by atoms with Crippen LogP contribution in [0.25, 0.3) is 10.9 Å². The Morgan fingerprint density at radius 2 is 1.84 bits per heavy atom. The molecule has 0 unspecified atom stereocenters. The summed E-state index contributed by atoms with van der Waals surface area (Å²) in [4.78, 5) is 55.7. The third-order valence-electron chi connectivity index (χ3n) is 9.27. The molecule has 3 atom stereocenters. The number of Topliss-reactive ketones (excluding diaryl/α,β-unsaturated/α-hetero) is 2. The molecule has 272 valence electrons. The number of nitrogens with zero attached hydrogens (tertiary/aromatic N) is 4. The topological polar surface area (TPSA) is 136 Å². The van der Waals surface area contributed by atoms with E-state index in [0.29, 0.717) is 63.9 Å². The van der Waals surface area contributed by atoms with Crippen molar-refractivity contribution in [3.05, 3.63) is 77.3 Å². The van der Waals surface area contributed by atoms with Crippen molar-refractivity contribution < 1.29 is 23.9 Å². The standard InChI is InChI=1S/C38H45ClN6O5.ClH/c1-23(40-5)32(46)19-28(38(2,3)4)37(48)45-15-9-11-31(45)33(47)17-24-16-27-30(20-35(24)49-6)42-22-43-36(27)44-25-12-13-34(29(39)18-25)50-21-26-10-7-8-14-41-26;/h7-8,10,12-14,16,18,20,22-23,28,31,40H,9,11,15,17,19,21H2,1-6H3,(H,42,43,44);1H/t23-,28+,31-;/m0./s1. The van der Waals surface area contributed by atoms with Crippen LogP contribution in [-0.2, 0) is 27.4 Å². The summed E-state index contributed by atoms with van der Waals surface area (Å²) in [5.41, 5.74) is 2.30. The van der Waals surface area contributed by atoms with Crippen molar-refractivity contribution in [3.63, 3.8) is 0 Å². The highest BCUT2D eigenvalue weighted by atomic mass is 35.5. The number of carbonyl (C=O) groups excluding carboxylic acids is 3. The second-order valence-electron chi connectivity index (χ2n) is 13.7. The fourth-order valence-electron chi connectivity index (χ4n) is 6.20. The molecule has 4 aromatic rings. The van der Waals surface area contributed by atoms with Gasteiger partial charge in [-0.1, -0.05) is 38.4 Å². The second-order valence-corrected chi connectivity index (χ2v) is 14.1. The number of benzene rings is 2. The van der Waals surface area contributed by atoms with E-state index >= 15 is 0 Å². The van der Waals surface area contributed by atoms with Crippen LogP contribution in [-0.4, -0.2) is 70.1 Å². The molecule has 2 aromatic heterocycles. The van der Waals surface area contributed by atoms with Crippen molar-refractivity contribution in [2.75, 3.05) is 26.0 Å². The third kappa shape index (κ3) is 9.52. The van der Waals surface area contributed by atoms with E-state index in [0.717, 1.165) is 5.69 Å². The maximum Gasteiger partial charge on any atom is 0.227 e. The minimum atomic E-state index is -0.588. The summed E-state index contributed by atoms with van der Waals surface area (Å²) in [7, 11) is 3.28. The van der Waals surface area contributed by atoms with Crippen LogP contribution in [0.2, 0.25) is 5.02 Å². The normalized spacial score (nSPS) is 15.5. The minimum Gasteiger partial charge on any atom is -0.496 e. The van der Waals surface area contributed by atoms with E-state index in [-0.39, 0.29) is 55.4 Å². The van der Waals surface area contributed by atoms with Gasteiger partial charge >= 0.3 is 0 Å². The van der Waals surface area contributed by atoms with Crippen molar-refractivity contribution >= 4 is 63.9 Å². The van der Waals surface area contributed by atoms with Gasteiger partial charge in [0.05, 0.1) is 35.4 Å². The van der Waals surface area contributed by atoms with Crippen LogP contribution in [0.5, 0.6) is 11.5 Å². The first-order chi connectivity index (χ1) is 23.9. The molecule has 1 amide bonds. The molecule has 0 spiro atoms. The number of amides is 1. The number of hydrogen-bond acceptors (Lipinski definition) is 10. The van der Waals surface area contributed by atoms with E-state index in [1.54, 1.807) is 50.4 Å². The lowest BCUT2D eigenvalue weighted by Crippen LogP contribution is -2.48. The number of rotatable bonds is 14. The van der Waals surface area contributed by atoms with Crippen LogP contribution in [0.3, 0.4) is 0 Å². The zero-order valence-corrected chi connectivity index (χ0v) is 31.4. The van der Waals surface area contributed by atoms with Crippen molar-refractivity contribution in [2.24, 2.45) is 11.3 Å². The molecule has 11 nitrogen and oxygen atoms in total. The number of halogens is 2. The predicted octanol–water partition coefficient (Wildman–Crippen LogP) is 6.76. The molecule has 0 aliphatic carbocycles. The van der Waals surface area contributed by atoms with Gasteiger partial charge in [0.15, 0.2) is 5.78 Å². The quantitative estimate of drug-likeness (QED) is 0.143. The number of ether oxygens (including phenoxy) is 2. The highest BCUT2D eigenvalue weighted by molar-refractivity contribution is 6.32. The summed E-state index contributed by atoms with van der Waals surface area (Å²) in [5, 5.41) is 7.40. The van der Waals surface area contributed by atoms with E-state index < -0.39 is 17.4 Å². The van der Waals surface area contributed by atoms with Gasteiger partial charge in [-0.05, 0) is 68.6 Å². The first kappa shape index (κ1) is 39.5. The Morgan fingerprint density at radius 3 is 2.51 bits per heavy atom. The largest absolute Gasteiger partial charge is 0.496 e. The lowest BCUT2D eigenvalue weighted by molar-refractivity contribution is -0.145. The van der Waals surface area contributed by atoms with Crippen molar-refractivity contribution in [1.29, 1.82) is 0 Å². The van der Waals surface area contributed by atoms with Gasteiger partial charge in [0, 0.05) is 54.2 Å². The molecule has 1 fully saturated rings. The van der Waals surface area contributed by atoms with Gasteiger partial charge in [-0.2, -0.15) is 0 Å². The summed E-state index contributed by atoms with van der Waals surface area (Å²) in [6.45, 7) is 8.45. The number of anilines is 2. The molecule has 13 heteroatoms. The Balaban J connectivity index is 0.00000583. The number of ketones is 2. The maximum absolute atomic E-state index is 14.0. The summed E-state index contributed by atoms with van der Waals surface area (Å²) in [6.07, 6.45) is 4.61. The van der Waals surface area contributed by atoms with Crippen LogP contribution < -0.4 is 20.1 Å². The van der Waals surface area contributed by atoms with Crippen LogP contribution in [0, 0.1) is 11.3 Å². The van der Waals surface area contributed by atoms with Gasteiger partial charge in [0.2, 0.25) is 5.91 Å². The first-order valence-electron chi connectivity index (χ1n) is 16.8. The van der Waals surface area contributed by atoms with E-state index in [9.17, 15) is 14.4 Å². The molecule has 3 heterocycles. The lowest BCUT2D eigenvalue weighted by atomic mass is 9.76. The molecule has 0 saturated carbocycles. The number of likely N-dealkylation sites (N-methyl/N-ethyl adjacent to an activating group) is 1. The number of carbonyl (C=O) groups is 3. The number of likely N-dealkylation sites (tertiary alicyclic amines) is 1. The van der Waals surface area contributed by atoms with Gasteiger partial charge in [0.1, 0.15) is 36.0 Å². The van der Waals surface area contributed by atoms with Gasteiger partial charge in [-0.3, -0.25) is 19.4 Å². The fraction of sp³-hybridized carbons (Fsp3) is 0.421.